The highest BCUT2D eigenvalue weighted by molar-refractivity contribution is 7.81. The maximum absolute atomic E-state index is 10.8. The van der Waals surface area contributed by atoms with Gasteiger partial charge in [-0.05, 0) is 17.7 Å². The molecule has 0 radical (unpaired) electrons. The van der Waals surface area contributed by atoms with Gasteiger partial charge in [0.2, 0.25) is 0 Å². The fourth-order valence-electron chi connectivity index (χ4n) is 1.29. The molecule has 1 N–H and O–H groups in total. The maximum Gasteiger partial charge on any atom is 0.335 e. The number of hydrogen-bond acceptors (Lipinski definition) is 2. The molecule has 0 heterocycles. The standard InChI is InChI=1S/C12H16O2S/c1-8(15)12(2,3)10-6-4-5-9(7-10)11(13)14/h4-8,15H,1-3H3,(H,13,14). The summed E-state index contributed by atoms with van der Waals surface area (Å²) in [6.45, 7) is 6.13. The van der Waals surface area contributed by atoms with Gasteiger partial charge >= 0.3 is 5.97 Å². The summed E-state index contributed by atoms with van der Waals surface area (Å²) < 4.78 is 0. The van der Waals surface area contributed by atoms with Gasteiger partial charge in [0.25, 0.3) is 0 Å². The number of thiol groups is 1. The Balaban J connectivity index is 3.16. The molecule has 0 aliphatic heterocycles. The van der Waals surface area contributed by atoms with Crippen molar-refractivity contribution in [3.63, 3.8) is 0 Å². The summed E-state index contributed by atoms with van der Waals surface area (Å²) in [6.07, 6.45) is 0. The molecule has 0 aromatic heterocycles. The van der Waals surface area contributed by atoms with Gasteiger partial charge in [-0.25, -0.2) is 4.79 Å². The molecule has 82 valence electrons. The van der Waals surface area contributed by atoms with Crippen LogP contribution in [0.25, 0.3) is 0 Å². The second kappa shape index (κ2) is 4.27. The van der Waals surface area contributed by atoms with Crippen LogP contribution in [0, 0.1) is 0 Å². The Morgan fingerprint density at radius 2 is 2.07 bits per heavy atom. The van der Waals surface area contributed by atoms with Gasteiger partial charge in [-0.2, -0.15) is 12.6 Å². The average Bonchev–Trinajstić information content (AvgIpc) is 2.17. The fourth-order valence-corrected chi connectivity index (χ4v) is 1.44. The van der Waals surface area contributed by atoms with E-state index in [9.17, 15) is 4.79 Å². The van der Waals surface area contributed by atoms with E-state index in [1.54, 1.807) is 18.2 Å². The molecule has 0 aliphatic rings. The van der Waals surface area contributed by atoms with Crippen molar-refractivity contribution in [1.29, 1.82) is 0 Å². The maximum atomic E-state index is 10.8. The second-order valence-electron chi connectivity index (χ2n) is 4.28. The van der Waals surface area contributed by atoms with Gasteiger partial charge in [0.05, 0.1) is 5.56 Å². The molecule has 1 rings (SSSR count). The normalized spacial score (nSPS) is 13.6. The first-order chi connectivity index (χ1) is 6.85. The third-order valence-corrected chi connectivity index (χ3v) is 3.54. The van der Waals surface area contributed by atoms with E-state index in [1.165, 1.54) is 0 Å². The summed E-state index contributed by atoms with van der Waals surface area (Å²) in [4.78, 5) is 10.8. The molecule has 1 unspecified atom stereocenters. The van der Waals surface area contributed by atoms with Crippen molar-refractivity contribution in [2.75, 3.05) is 0 Å². The van der Waals surface area contributed by atoms with Crippen molar-refractivity contribution >= 4 is 18.6 Å². The number of carboxylic acid groups (broad SMARTS) is 1. The number of hydrogen-bond donors (Lipinski definition) is 2. The molecular weight excluding hydrogens is 208 g/mol. The molecule has 1 aromatic rings. The zero-order chi connectivity index (χ0) is 11.6. The van der Waals surface area contributed by atoms with Crippen molar-refractivity contribution in [2.45, 2.75) is 31.4 Å². The van der Waals surface area contributed by atoms with Gasteiger partial charge in [-0.15, -0.1) is 0 Å². The molecule has 1 aromatic carbocycles. The summed E-state index contributed by atoms with van der Waals surface area (Å²) in [5.41, 5.74) is 1.20. The van der Waals surface area contributed by atoms with Crippen molar-refractivity contribution in [2.24, 2.45) is 0 Å². The Morgan fingerprint density at radius 3 is 2.53 bits per heavy atom. The van der Waals surface area contributed by atoms with Gasteiger partial charge in [-0.1, -0.05) is 32.9 Å². The van der Waals surface area contributed by atoms with Gasteiger partial charge < -0.3 is 5.11 Å². The average molecular weight is 224 g/mol. The van der Waals surface area contributed by atoms with Crippen LogP contribution in [0.15, 0.2) is 24.3 Å². The van der Waals surface area contributed by atoms with Crippen LogP contribution < -0.4 is 0 Å². The third-order valence-electron chi connectivity index (χ3n) is 2.90. The van der Waals surface area contributed by atoms with Crippen molar-refractivity contribution in [3.8, 4) is 0 Å². The van der Waals surface area contributed by atoms with Crippen LogP contribution in [0.5, 0.6) is 0 Å². The SMILES string of the molecule is CC(S)C(C)(C)c1cccc(C(=O)O)c1. The first kappa shape index (κ1) is 12.1. The minimum atomic E-state index is -0.889. The van der Waals surface area contributed by atoms with Gasteiger partial charge in [0.15, 0.2) is 0 Å². The quantitative estimate of drug-likeness (QED) is 0.774. The monoisotopic (exact) mass is 224 g/mol. The Morgan fingerprint density at radius 1 is 1.47 bits per heavy atom. The molecule has 0 aliphatic carbocycles. The van der Waals surface area contributed by atoms with Gasteiger partial charge in [0.1, 0.15) is 0 Å². The highest BCUT2D eigenvalue weighted by atomic mass is 32.1. The lowest BCUT2D eigenvalue weighted by Crippen LogP contribution is -2.27. The summed E-state index contributed by atoms with van der Waals surface area (Å²) in [6, 6.07) is 7.04. The number of rotatable bonds is 3. The summed E-state index contributed by atoms with van der Waals surface area (Å²) >= 11 is 4.43. The molecule has 2 nitrogen and oxygen atoms in total. The van der Waals surface area contributed by atoms with E-state index in [1.807, 2.05) is 13.0 Å². The van der Waals surface area contributed by atoms with Crippen LogP contribution in [-0.4, -0.2) is 16.3 Å². The molecule has 0 bridgehead atoms. The molecule has 15 heavy (non-hydrogen) atoms. The zero-order valence-electron chi connectivity index (χ0n) is 9.19. The molecule has 3 heteroatoms. The predicted octanol–water partition coefficient (Wildman–Crippen LogP) is 2.98. The van der Waals surface area contributed by atoms with Crippen LogP contribution in [-0.2, 0) is 5.41 Å². The van der Waals surface area contributed by atoms with E-state index in [-0.39, 0.29) is 10.7 Å². The molecule has 0 amide bonds. The summed E-state index contributed by atoms with van der Waals surface area (Å²) in [5.74, 6) is -0.889. The largest absolute Gasteiger partial charge is 0.478 e. The second-order valence-corrected chi connectivity index (χ2v) is 5.06. The molecule has 0 spiro atoms. The Labute approximate surface area is 95.7 Å². The Bertz CT molecular complexity index is 370. The molecule has 0 fully saturated rings. The van der Waals surface area contributed by atoms with E-state index in [2.05, 4.69) is 26.5 Å². The lowest BCUT2D eigenvalue weighted by Gasteiger charge is -2.29. The van der Waals surface area contributed by atoms with Gasteiger partial charge in [-0.3, -0.25) is 0 Å². The zero-order valence-corrected chi connectivity index (χ0v) is 10.1. The minimum Gasteiger partial charge on any atom is -0.478 e. The number of carboxylic acids is 1. The van der Waals surface area contributed by atoms with Crippen LogP contribution in [0.3, 0.4) is 0 Å². The topological polar surface area (TPSA) is 37.3 Å². The Kier molecular flexibility index (Phi) is 3.45. The minimum absolute atomic E-state index is 0.130. The lowest BCUT2D eigenvalue weighted by atomic mass is 9.81. The van der Waals surface area contributed by atoms with E-state index < -0.39 is 5.97 Å². The van der Waals surface area contributed by atoms with Crippen molar-refractivity contribution in [3.05, 3.63) is 35.4 Å². The highest BCUT2D eigenvalue weighted by Gasteiger charge is 2.25. The van der Waals surface area contributed by atoms with E-state index in [4.69, 9.17) is 5.11 Å². The van der Waals surface area contributed by atoms with E-state index in [0.717, 1.165) is 5.56 Å². The van der Waals surface area contributed by atoms with Gasteiger partial charge in [0, 0.05) is 10.7 Å². The van der Waals surface area contributed by atoms with Crippen LogP contribution in [0.1, 0.15) is 36.7 Å². The van der Waals surface area contributed by atoms with Crippen LogP contribution in [0.2, 0.25) is 0 Å². The van der Waals surface area contributed by atoms with Crippen molar-refractivity contribution < 1.29 is 9.90 Å². The smallest absolute Gasteiger partial charge is 0.335 e. The third kappa shape index (κ3) is 2.53. The number of benzene rings is 1. The fraction of sp³-hybridized carbons (Fsp3) is 0.417. The molecular formula is C12H16O2S. The van der Waals surface area contributed by atoms with Crippen molar-refractivity contribution in [1.82, 2.24) is 0 Å². The number of carbonyl (C=O) groups is 1. The lowest BCUT2D eigenvalue weighted by molar-refractivity contribution is 0.0696. The predicted molar refractivity (Wildman–Crippen MR) is 64.9 cm³/mol. The van der Waals surface area contributed by atoms with E-state index >= 15 is 0 Å². The van der Waals surface area contributed by atoms with Crippen LogP contribution in [0.4, 0.5) is 0 Å². The summed E-state index contributed by atoms with van der Waals surface area (Å²) in [7, 11) is 0. The Hall–Kier alpha value is -0.960. The van der Waals surface area contributed by atoms with E-state index in [0.29, 0.717) is 5.56 Å². The molecule has 0 saturated carbocycles. The first-order valence-corrected chi connectivity index (χ1v) is 5.39. The molecule has 1 atom stereocenters. The van der Waals surface area contributed by atoms with Crippen LogP contribution >= 0.6 is 12.6 Å². The summed E-state index contributed by atoms with van der Waals surface area (Å²) in [5, 5.41) is 9.06. The molecule has 0 saturated heterocycles. The first-order valence-electron chi connectivity index (χ1n) is 4.87. The number of aromatic carboxylic acids is 1. The highest BCUT2D eigenvalue weighted by Crippen LogP contribution is 2.30.